The molecule has 3 N–H and O–H groups in total. The van der Waals surface area contributed by atoms with Gasteiger partial charge in [0.25, 0.3) is 0 Å². The minimum Gasteiger partial charge on any atom is -0.462 e. The summed E-state index contributed by atoms with van der Waals surface area (Å²) in [6, 6.07) is 0. The summed E-state index contributed by atoms with van der Waals surface area (Å²) in [5, 5.41) is 0. The smallest absolute Gasteiger partial charge is 0.462 e. The van der Waals surface area contributed by atoms with Gasteiger partial charge >= 0.3 is 19.8 Å². The summed E-state index contributed by atoms with van der Waals surface area (Å²) < 4.78 is 32.6. The summed E-state index contributed by atoms with van der Waals surface area (Å²) in [6.45, 7) is 3.41. The molecule has 0 aromatic rings. The SMILES string of the molecule is CC/C=C\C/C=C\C/C=C\C/C=C\C/C=C\C/C=C\CCC(=O)OC(COC(=O)CC/C=C\C/C=C\C/C=C\C/C=C\CCCCCCCC)COP(=O)(O)OCCN. The van der Waals surface area contributed by atoms with Crippen LogP contribution in [0.5, 0.6) is 0 Å². The first-order chi connectivity index (χ1) is 28.8. The molecule has 0 aromatic carbocycles. The number of rotatable bonds is 39. The quantitative estimate of drug-likeness (QED) is 0.0268. The summed E-state index contributed by atoms with van der Waals surface area (Å²) >= 11 is 0. The van der Waals surface area contributed by atoms with E-state index in [1.807, 2.05) is 24.3 Å². The molecule has 0 aliphatic heterocycles. The maximum absolute atomic E-state index is 12.6. The zero-order chi connectivity index (χ0) is 43.2. The van der Waals surface area contributed by atoms with E-state index >= 15 is 0 Å². The van der Waals surface area contributed by atoms with Crippen molar-refractivity contribution in [3.8, 4) is 0 Å². The third kappa shape index (κ3) is 43.8. The van der Waals surface area contributed by atoms with Crippen LogP contribution in [-0.2, 0) is 32.7 Å². The predicted molar refractivity (Wildman–Crippen MR) is 247 cm³/mol. The Balaban J connectivity index is 4.42. The van der Waals surface area contributed by atoms with Crippen LogP contribution >= 0.6 is 7.82 Å². The monoisotopic (exact) mass is 840 g/mol. The zero-order valence-corrected chi connectivity index (χ0v) is 37.3. The van der Waals surface area contributed by atoms with Gasteiger partial charge in [-0.15, -0.1) is 0 Å². The van der Waals surface area contributed by atoms with Crippen molar-refractivity contribution in [2.45, 2.75) is 148 Å². The number of carbonyl (C=O) groups is 2. The molecule has 9 nitrogen and oxygen atoms in total. The molecule has 10 heteroatoms. The molecule has 0 bridgehead atoms. The van der Waals surface area contributed by atoms with Crippen LogP contribution in [0.25, 0.3) is 0 Å². The summed E-state index contributed by atoms with van der Waals surface area (Å²) in [5.74, 6) is -1.03. The maximum atomic E-state index is 12.6. The number of nitrogens with two attached hydrogens (primary N) is 1. The number of esters is 2. The highest BCUT2D eigenvalue weighted by Crippen LogP contribution is 2.43. The van der Waals surface area contributed by atoms with E-state index in [0.29, 0.717) is 12.8 Å². The Hall–Kier alpha value is -3.59. The van der Waals surface area contributed by atoms with Gasteiger partial charge in [-0.2, -0.15) is 0 Å². The Bertz CT molecular complexity index is 1370. The topological polar surface area (TPSA) is 134 Å². The molecule has 0 spiro atoms. The lowest BCUT2D eigenvalue weighted by Gasteiger charge is -2.19. The number of phosphoric ester groups is 1. The summed E-state index contributed by atoms with van der Waals surface area (Å²) in [5.41, 5.74) is 5.34. The minimum atomic E-state index is -4.42. The number of phosphoric acid groups is 1. The fourth-order valence-electron chi connectivity index (χ4n) is 5.13. The van der Waals surface area contributed by atoms with Gasteiger partial charge in [0.05, 0.1) is 13.2 Å². The first-order valence-electron chi connectivity index (χ1n) is 22.0. The molecular formula is C49H78NO8P. The Morgan fingerprint density at radius 3 is 1.39 bits per heavy atom. The van der Waals surface area contributed by atoms with Crippen LogP contribution in [0.15, 0.2) is 122 Å². The Labute approximate surface area is 358 Å². The van der Waals surface area contributed by atoms with E-state index in [2.05, 4.69) is 111 Å². The molecule has 2 unspecified atom stereocenters. The normalized spacial score (nSPS) is 14.4. The number of ether oxygens (including phenoxy) is 2. The van der Waals surface area contributed by atoms with Gasteiger partial charge in [-0.3, -0.25) is 18.6 Å². The van der Waals surface area contributed by atoms with Crippen molar-refractivity contribution < 1.29 is 37.6 Å². The van der Waals surface area contributed by atoms with E-state index in [-0.39, 0.29) is 32.6 Å². The van der Waals surface area contributed by atoms with E-state index in [1.54, 1.807) is 0 Å². The molecule has 0 radical (unpaired) electrons. The van der Waals surface area contributed by atoms with Crippen LogP contribution in [0, 0.1) is 0 Å². The lowest BCUT2D eigenvalue weighted by molar-refractivity contribution is -0.161. The minimum absolute atomic E-state index is 0.0259. The molecular weight excluding hydrogens is 762 g/mol. The molecule has 2 atom stereocenters. The molecule has 0 saturated carbocycles. The maximum Gasteiger partial charge on any atom is 0.472 e. The van der Waals surface area contributed by atoms with Crippen molar-refractivity contribution in [2.24, 2.45) is 5.73 Å². The van der Waals surface area contributed by atoms with E-state index in [9.17, 15) is 19.0 Å². The van der Waals surface area contributed by atoms with Crippen molar-refractivity contribution in [2.75, 3.05) is 26.4 Å². The lowest BCUT2D eigenvalue weighted by atomic mass is 10.1. The van der Waals surface area contributed by atoms with E-state index in [4.69, 9.17) is 24.3 Å². The second-order valence-electron chi connectivity index (χ2n) is 13.8. The second kappa shape index (κ2) is 44.0. The molecule has 0 heterocycles. The average Bonchev–Trinajstić information content (AvgIpc) is 3.22. The highest BCUT2D eigenvalue weighted by atomic mass is 31.2. The molecule has 0 aromatic heterocycles. The first kappa shape index (κ1) is 55.4. The Morgan fingerprint density at radius 1 is 0.525 bits per heavy atom. The molecule has 59 heavy (non-hydrogen) atoms. The molecule has 0 aliphatic carbocycles. The van der Waals surface area contributed by atoms with Crippen molar-refractivity contribution in [3.05, 3.63) is 122 Å². The van der Waals surface area contributed by atoms with Gasteiger partial charge in [0.15, 0.2) is 6.10 Å². The summed E-state index contributed by atoms with van der Waals surface area (Å²) in [6.07, 6.45) is 59.8. The number of carbonyl (C=O) groups excluding carboxylic acids is 2. The van der Waals surface area contributed by atoms with Gasteiger partial charge in [0.2, 0.25) is 0 Å². The van der Waals surface area contributed by atoms with Gasteiger partial charge in [-0.1, -0.05) is 167 Å². The number of hydrogen-bond acceptors (Lipinski definition) is 8. The van der Waals surface area contributed by atoms with Gasteiger partial charge in [-0.25, -0.2) is 4.57 Å². The first-order valence-corrected chi connectivity index (χ1v) is 23.5. The number of hydrogen-bond donors (Lipinski definition) is 2. The number of unbranched alkanes of at least 4 members (excludes halogenated alkanes) is 6. The third-order valence-corrected chi connectivity index (χ3v) is 9.34. The fraction of sp³-hybridized carbons (Fsp3) is 0.551. The fourth-order valence-corrected chi connectivity index (χ4v) is 5.90. The van der Waals surface area contributed by atoms with E-state index in [1.165, 1.54) is 44.9 Å². The van der Waals surface area contributed by atoms with Crippen molar-refractivity contribution in [1.82, 2.24) is 0 Å². The Kier molecular flexibility index (Phi) is 41.3. The van der Waals surface area contributed by atoms with Gasteiger partial charge in [0.1, 0.15) is 6.61 Å². The zero-order valence-electron chi connectivity index (χ0n) is 36.4. The van der Waals surface area contributed by atoms with Crippen molar-refractivity contribution in [3.63, 3.8) is 0 Å². The molecule has 0 amide bonds. The molecule has 0 fully saturated rings. The van der Waals surface area contributed by atoms with Crippen LogP contribution in [0.3, 0.4) is 0 Å². The molecule has 0 rings (SSSR count). The molecule has 332 valence electrons. The number of allylic oxidation sites excluding steroid dienone is 20. The lowest BCUT2D eigenvalue weighted by Crippen LogP contribution is -2.29. The van der Waals surface area contributed by atoms with E-state index < -0.39 is 32.5 Å². The van der Waals surface area contributed by atoms with Gasteiger partial charge in [0, 0.05) is 19.4 Å². The highest BCUT2D eigenvalue weighted by molar-refractivity contribution is 7.47. The predicted octanol–water partition coefficient (Wildman–Crippen LogP) is 12.9. The van der Waals surface area contributed by atoms with Crippen LogP contribution in [-0.4, -0.2) is 49.3 Å². The third-order valence-electron chi connectivity index (χ3n) is 8.36. The Morgan fingerprint density at radius 2 is 0.932 bits per heavy atom. The molecule has 0 aliphatic rings. The van der Waals surface area contributed by atoms with Crippen molar-refractivity contribution >= 4 is 19.8 Å². The summed E-state index contributed by atoms with van der Waals surface area (Å²) in [4.78, 5) is 34.8. The van der Waals surface area contributed by atoms with Crippen molar-refractivity contribution in [1.29, 1.82) is 0 Å². The van der Waals surface area contributed by atoms with Crippen LogP contribution in [0.2, 0.25) is 0 Å². The van der Waals surface area contributed by atoms with E-state index in [0.717, 1.165) is 57.8 Å². The summed E-state index contributed by atoms with van der Waals surface area (Å²) in [7, 11) is -4.42. The highest BCUT2D eigenvalue weighted by Gasteiger charge is 2.25. The van der Waals surface area contributed by atoms with Crippen LogP contribution in [0.1, 0.15) is 142 Å². The standard InChI is InChI=1S/C49H78NO8P/c1-3-5-7-9-11-13-15-17-19-21-23-25-27-29-31-33-35-37-39-41-48(51)55-45-47(46-57-59(53,54)56-44-43-50)58-49(52)42-40-38-36-34-32-30-28-26-24-22-20-18-16-14-12-10-8-6-4-2/h6,8,12,14,17-20,23-26,29-32,35-38,47H,3-5,7,9-11,13,15-16,21-22,27-28,33-34,39-46,50H2,1-2H3,(H,53,54)/b8-6-,14-12-,19-17-,20-18-,25-23-,26-24-,31-29-,32-30-,37-35-,38-36-. The largest absolute Gasteiger partial charge is 0.472 e. The average molecular weight is 840 g/mol. The van der Waals surface area contributed by atoms with Gasteiger partial charge in [-0.05, 0) is 83.5 Å². The van der Waals surface area contributed by atoms with Crippen LogP contribution in [0.4, 0.5) is 0 Å². The van der Waals surface area contributed by atoms with Crippen LogP contribution < -0.4 is 5.73 Å². The molecule has 0 saturated heterocycles. The van der Waals surface area contributed by atoms with Gasteiger partial charge < -0.3 is 20.1 Å². The second-order valence-corrected chi connectivity index (χ2v) is 15.3.